The van der Waals surface area contributed by atoms with Gasteiger partial charge in [0.1, 0.15) is 0 Å². The van der Waals surface area contributed by atoms with Gasteiger partial charge >= 0.3 is 0 Å². The van der Waals surface area contributed by atoms with E-state index in [4.69, 9.17) is 12.2 Å². The van der Waals surface area contributed by atoms with Crippen LogP contribution in [0.15, 0.2) is 30.3 Å². The van der Waals surface area contributed by atoms with Gasteiger partial charge in [0.2, 0.25) is 0 Å². The van der Waals surface area contributed by atoms with Crippen molar-refractivity contribution >= 4 is 40.7 Å². The molecule has 2 fully saturated rings. The lowest BCUT2D eigenvalue weighted by Crippen LogP contribution is -2.33. The van der Waals surface area contributed by atoms with Crippen LogP contribution in [0.2, 0.25) is 0 Å². The fraction of sp³-hybridized carbons (Fsp3) is 0.273. The molecule has 0 saturated carbocycles. The summed E-state index contributed by atoms with van der Waals surface area (Å²) in [7, 11) is 0. The molecular weight excluding hydrogens is 240 g/mol. The Labute approximate surface area is 103 Å². The molecule has 1 amide bonds. The molecule has 82 valence electrons. The summed E-state index contributed by atoms with van der Waals surface area (Å²) in [5, 5.41) is 0.555. The van der Waals surface area contributed by atoms with Crippen LogP contribution < -0.4 is 4.90 Å². The minimum Gasteiger partial charge on any atom is -0.327 e. The first-order chi connectivity index (χ1) is 7.79. The maximum absolute atomic E-state index is 12.2. The van der Waals surface area contributed by atoms with Crippen molar-refractivity contribution in [2.24, 2.45) is 0 Å². The van der Waals surface area contributed by atoms with Crippen LogP contribution in [0.3, 0.4) is 0 Å². The van der Waals surface area contributed by atoms with Gasteiger partial charge in [-0.05, 0) is 24.4 Å². The maximum Gasteiger partial charge on any atom is 0.266 e. The van der Waals surface area contributed by atoms with Crippen molar-refractivity contribution in [1.82, 2.24) is 4.90 Å². The third-order valence-electron chi connectivity index (χ3n) is 2.77. The lowest BCUT2D eigenvalue weighted by molar-refractivity contribution is -0.117. The van der Waals surface area contributed by atoms with Crippen molar-refractivity contribution in [2.45, 2.75) is 5.37 Å². The van der Waals surface area contributed by atoms with E-state index in [1.165, 1.54) is 0 Å². The van der Waals surface area contributed by atoms with Gasteiger partial charge in [-0.1, -0.05) is 18.2 Å². The van der Waals surface area contributed by atoms with Gasteiger partial charge < -0.3 is 4.90 Å². The fourth-order valence-corrected chi connectivity index (χ4v) is 3.64. The van der Waals surface area contributed by atoms with Gasteiger partial charge in [-0.2, -0.15) is 0 Å². The Bertz CT molecular complexity index is 427. The molecular formula is C11H10N2OS2. The van der Waals surface area contributed by atoms with Gasteiger partial charge in [0, 0.05) is 12.3 Å². The maximum atomic E-state index is 12.2. The number of carbonyl (C=O) groups excluding carboxylic acids is 1. The number of carbonyl (C=O) groups is 1. The normalized spacial score (nSPS) is 24.1. The molecule has 1 atom stereocenters. The highest BCUT2D eigenvalue weighted by molar-refractivity contribution is 8.01. The van der Waals surface area contributed by atoms with Crippen molar-refractivity contribution < 1.29 is 4.79 Å². The third-order valence-corrected chi connectivity index (χ3v) is 4.38. The van der Waals surface area contributed by atoms with Crippen molar-refractivity contribution in [1.29, 1.82) is 0 Å². The first-order valence-corrected chi connectivity index (χ1v) is 6.56. The number of fused-ring (bicyclic) bond motifs is 1. The largest absolute Gasteiger partial charge is 0.327 e. The SMILES string of the molecule is O=C1[C@H]2SCCN2C(=S)N1c1ccccc1. The second kappa shape index (κ2) is 3.75. The molecule has 5 heteroatoms. The smallest absolute Gasteiger partial charge is 0.266 e. The average molecular weight is 250 g/mol. The molecule has 3 nitrogen and oxygen atoms in total. The molecule has 0 N–H and O–H groups in total. The Morgan fingerprint density at radius 1 is 1.31 bits per heavy atom. The van der Waals surface area contributed by atoms with Gasteiger partial charge in [-0.15, -0.1) is 11.8 Å². The summed E-state index contributed by atoms with van der Waals surface area (Å²) in [6.07, 6.45) is 0. The molecule has 0 aliphatic carbocycles. The summed E-state index contributed by atoms with van der Waals surface area (Å²) < 4.78 is 0. The highest BCUT2D eigenvalue weighted by atomic mass is 32.2. The first kappa shape index (κ1) is 10.1. The first-order valence-electron chi connectivity index (χ1n) is 5.10. The summed E-state index contributed by atoms with van der Waals surface area (Å²) in [5.74, 6) is 1.08. The van der Waals surface area contributed by atoms with Crippen LogP contribution >= 0.6 is 24.0 Å². The molecule has 1 aromatic carbocycles. The summed E-state index contributed by atoms with van der Waals surface area (Å²) in [5.41, 5.74) is 0.868. The molecule has 2 aliphatic heterocycles. The van der Waals surface area contributed by atoms with Crippen molar-refractivity contribution in [3.05, 3.63) is 30.3 Å². The van der Waals surface area contributed by atoms with Gasteiger partial charge in [0.15, 0.2) is 10.5 Å². The van der Waals surface area contributed by atoms with Crippen LogP contribution in [-0.4, -0.2) is 33.6 Å². The van der Waals surface area contributed by atoms with E-state index < -0.39 is 0 Å². The lowest BCUT2D eigenvalue weighted by atomic mass is 10.3. The minimum atomic E-state index is -0.0901. The summed E-state index contributed by atoms with van der Waals surface area (Å²) in [6.45, 7) is 0.878. The van der Waals surface area contributed by atoms with Crippen LogP contribution in [0.5, 0.6) is 0 Å². The zero-order valence-electron chi connectivity index (χ0n) is 8.50. The summed E-state index contributed by atoms with van der Waals surface area (Å²) in [4.78, 5) is 15.8. The van der Waals surface area contributed by atoms with E-state index in [2.05, 4.69) is 0 Å². The van der Waals surface area contributed by atoms with E-state index >= 15 is 0 Å². The number of hydrogen-bond donors (Lipinski definition) is 0. The molecule has 0 unspecified atom stereocenters. The second-order valence-corrected chi connectivity index (χ2v) is 5.26. The van der Waals surface area contributed by atoms with E-state index in [0.717, 1.165) is 18.0 Å². The predicted molar refractivity (Wildman–Crippen MR) is 69.5 cm³/mol. The Morgan fingerprint density at radius 2 is 2.06 bits per heavy atom. The molecule has 0 aromatic heterocycles. The van der Waals surface area contributed by atoms with Gasteiger partial charge in [-0.3, -0.25) is 9.69 Å². The number of hydrogen-bond acceptors (Lipinski definition) is 3. The molecule has 0 radical (unpaired) electrons. The van der Waals surface area contributed by atoms with Gasteiger partial charge in [0.25, 0.3) is 5.91 Å². The molecule has 2 heterocycles. The Hall–Kier alpha value is -1.07. The van der Waals surface area contributed by atoms with Gasteiger partial charge in [-0.25, -0.2) is 0 Å². The number of nitrogens with zero attached hydrogens (tertiary/aromatic N) is 2. The number of anilines is 1. The number of thioether (sulfide) groups is 1. The number of para-hydroxylation sites is 1. The number of rotatable bonds is 1. The van der Waals surface area contributed by atoms with Crippen molar-refractivity contribution in [2.75, 3.05) is 17.2 Å². The minimum absolute atomic E-state index is 0.0901. The van der Waals surface area contributed by atoms with E-state index in [1.807, 2.05) is 35.2 Å². The van der Waals surface area contributed by atoms with Crippen LogP contribution in [0, 0.1) is 0 Å². The molecule has 2 aliphatic rings. The second-order valence-electron chi connectivity index (χ2n) is 3.71. The van der Waals surface area contributed by atoms with Crippen molar-refractivity contribution in [3.8, 4) is 0 Å². The monoisotopic (exact) mass is 250 g/mol. The van der Waals surface area contributed by atoms with Crippen molar-refractivity contribution in [3.63, 3.8) is 0 Å². The summed E-state index contributed by atoms with van der Waals surface area (Å²) in [6, 6.07) is 9.60. The summed E-state index contributed by atoms with van der Waals surface area (Å²) >= 11 is 7.03. The topological polar surface area (TPSA) is 23.6 Å². The number of benzene rings is 1. The van der Waals surface area contributed by atoms with E-state index in [9.17, 15) is 4.79 Å². The van der Waals surface area contributed by atoms with Crippen LogP contribution in [-0.2, 0) is 4.79 Å². The Balaban J connectivity index is 1.98. The molecule has 16 heavy (non-hydrogen) atoms. The third kappa shape index (κ3) is 1.35. The van der Waals surface area contributed by atoms with E-state index in [1.54, 1.807) is 16.7 Å². The predicted octanol–water partition coefficient (Wildman–Crippen LogP) is 1.69. The fourth-order valence-electron chi connectivity index (χ4n) is 2.02. The van der Waals surface area contributed by atoms with E-state index in [-0.39, 0.29) is 11.3 Å². The Kier molecular flexibility index (Phi) is 2.37. The molecule has 2 saturated heterocycles. The highest BCUT2D eigenvalue weighted by Crippen LogP contribution is 2.34. The molecule has 0 spiro atoms. The number of thiocarbonyl (C=S) groups is 1. The highest BCUT2D eigenvalue weighted by Gasteiger charge is 2.46. The zero-order valence-corrected chi connectivity index (χ0v) is 10.1. The van der Waals surface area contributed by atoms with Gasteiger partial charge in [0.05, 0.1) is 5.69 Å². The Morgan fingerprint density at radius 3 is 2.75 bits per heavy atom. The number of amides is 1. The van der Waals surface area contributed by atoms with Crippen LogP contribution in [0.4, 0.5) is 5.69 Å². The van der Waals surface area contributed by atoms with E-state index in [0.29, 0.717) is 5.11 Å². The molecule has 3 rings (SSSR count). The molecule has 1 aromatic rings. The zero-order chi connectivity index (χ0) is 11.1. The standard InChI is InChI=1S/C11H10N2OS2/c14-9-10-12(6-7-16-10)11(15)13(9)8-4-2-1-3-5-8/h1-5,10H,6-7H2/t10-/m1/s1. The lowest BCUT2D eigenvalue weighted by Gasteiger charge is -2.18. The van der Waals surface area contributed by atoms with Crippen LogP contribution in [0.1, 0.15) is 0 Å². The van der Waals surface area contributed by atoms with Crippen LogP contribution in [0.25, 0.3) is 0 Å². The average Bonchev–Trinajstić information content (AvgIpc) is 2.86. The molecule has 0 bridgehead atoms. The quantitative estimate of drug-likeness (QED) is 0.708.